The quantitative estimate of drug-likeness (QED) is 0.452. The standard InChI is InChI=1S/C15H22N2O4/c1-2-20-15-11-12(7-8-14(15)17(18)19)16-9-10-21-13-5-3-4-6-13/h7-8,11,13,16H,2-6,9-10H2,1H3. The van der Waals surface area contributed by atoms with Crippen LogP contribution in [-0.4, -0.2) is 30.8 Å². The molecule has 2 rings (SSSR count). The molecule has 0 unspecified atom stereocenters. The summed E-state index contributed by atoms with van der Waals surface area (Å²) < 4.78 is 11.1. The van der Waals surface area contributed by atoms with Crippen LogP contribution in [0.3, 0.4) is 0 Å². The summed E-state index contributed by atoms with van der Waals surface area (Å²) in [5, 5.41) is 14.1. The lowest BCUT2D eigenvalue weighted by molar-refractivity contribution is -0.385. The lowest BCUT2D eigenvalue weighted by Gasteiger charge is -2.13. The van der Waals surface area contributed by atoms with Crippen LogP contribution in [0.1, 0.15) is 32.6 Å². The topological polar surface area (TPSA) is 73.6 Å². The molecule has 0 amide bonds. The fourth-order valence-electron chi connectivity index (χ4n) is 2.52. The van der Waals surface area contributed by atoms with Gasteiger partial charge in [0.05, 0.1) is 24.2 Å². The normalized spacial score (nSPS) is 15.1. The number of nitrogens with one attached hydrogen (secondary N) is 1. The van der Waals surface area contributed by atoms with E-state index in [1.165, 1.54) is 18.9 Å². The zero-order chi connectivity index (χ0) is 15.1. The van der Waals surface area contributed by atoms with E-state index in [9.17, 15) is 10.1 Å². The highest BCUT2D eigenvalue weighted by molar-refractivity contribution is 5.57. The Labute approximate surface area is 124 Å². The maximum absolute atomic E-state index is 10.9. The number of nitrogens with zero attached hydrogens (tertiary/aromatic N) is 1. The minimum atomic E-state index is -0.433. The van der Waals surface area contributed by atoms with Crippen molar-refractivity contribution >= 4 is 11.4 Å². The molecule has 0 heterocycles. The third-order valence-corrected chi connectivity index (χ3v) is 3.54. The van der Waals surface area contributed by atoms with Crippen LogP contribution in [0.5, 0.6) is 5.75 Å². The molecule has 0 atom stereocenters. The van der Waals surface area contributed by atoms with Gasteiger partial charge in [-0.25, -0.2) is 0 Å². The van der Waals surface area contributed by atoms with Crippen molar-refractivity contribution in [1.82, 2.24) is 0 Å². The molecule has 0 bridgehead atoms. The highest BCUT2D eigenvalue weighted by Crippen LogP contribution is 2.30. The summed E-state index contributed by atoms with van der Waals surface area (Å²) in [4.78, 5) is 10.5. The zero-order valence-corrected chi connectivity index (χ0v) is 12.3. The third kappa shape index (κ3) is 4.60. The Morgan fingerprint density at radius 1 is 1.38 bits per heavy atom. The summed E-state index contributed by atoms with van der Waals surface area (Å²) in [6.45, 7) is 3.53. The van der Waals surface area contributed by atoms with Gasteiger partial charge < -0.3 is 14.8 Å². The molecule has 1 aliphatic rings. The fraction of sp³-hybridized carbons (Fsp3) is 0.600. The first-order valence-electron chi connectivity index (χ1n) is 7.47. The van der Waals surface area contributed by atoms with Gasteiger partial charge in [-0.1, -0.05) is 12.8 Å². The predicted octanol–water partition coefficient (Wildman–Crippen LogP) is 3.36. The molecule has 116 valence electrons. The van der Waals surface area contributed by atoms with Crippen molar-refractivity contribution in [3.8, 4) is 5.75 Å². The maximum atomic E-state index is 10.9. The van der Waals surface area contributed by atoms with E-state index >= 15 is 0 Å². The number of hydrogen-bond donors (Lipinski definition) is 1. The van der Waals surface area contributed by atoms with E-state index in [1.807, 2.05) is 0 Å². The van der Waals surface area contributed by atoms with Crippen LogP contribution in [0, 0.1) is 10.1 Å². The number of benzene rings is 1. The van der Waals surface area contributed by atoms with Gasteiger partial charge in [0.25, 0.3) is 0 Å². The van der Waals surface area contributed by atoms with Crippen molar-refractivity contribution in [1.29, 1.82) is 0 Å². The SMILES string of the molecule is CCOc1cc(NCCOC2CCCC2)ccc1[N+](=O)[O-]. The Morgan fingerprint density at radius 2 is 2.14 bits per heavy atom. The Hall–Kier alpha value is -1.82. The molecule has 1 aliphatic carbocycles. The van der Waals surface area contributed by atoms with Crippen molar-refractivity contribution in [3.05, 3.63) is 28.3 Å². The van der Waals surface area contributed by atoms with Gasteiger partial charge in [-0.2, -0.15) is 0 Å². The molecule has 6 heteroatoms. The Bertz CT molecular complexity index is 473. The summed E-state index contributed by atoms with van der Waals surface area (Å²) in [6, 6.07) is 4.82. The third-order valence-electron chi connectivity index (χ3n) is 3.54. The first-order valence-corrected chi connectivity index (χ1v) is 7.47. The molecule has 0 spiro atoms. The minimum Gasteiger partial charge on any atom is -0.487 e. The van der Waals surface area contributed by atoms with E-state index in [0.717, 1.165) is 18.5 Å². The number of ether oxygens (including phenoxy) is 2. The van der Waals surface area contributed by atoms with Gasteiger partial charge in [0.1, 0.15) is 0 Å². The van der Waals surface area contributed by atoms with Crippen LogP contribution in [0.4, 0.5) is 11.4 Å². The highest BCUT2D eigenvalue weighted by atomic mass is 16.6. The van der Waals surface area contributed by atoms with Crippen LogP contribution in [-0.2, 0) is 4.74 Å². The van der Waals surface area contributed by atoms with Crippen molar-refractivity contribution < 1.29 is 14.4 Å². The van der Waals surface area contributed by atoms with E-state index in [4.69, 9.17) is 9.47 Å². The maximum Gasteiger partial charge on any atom is 0.311 e. The molecule has 1 fully saturated rings. The Morgan fingerprint density at radius 3 is 2.81 bits per heavy atom. The second-order valence-electron chi connectivity index (χ2n) is 5.08. The Balaban J connectivity index is 1.84. The van der Waals surface area contributed by atoms with Crippen LogP contribution < -0.4 is 10.1 Å². The highest BCUT2D eigenvalue weighted by Gasteiger charge is 2.16. The first kappa shape index (κ1) is 15.6. The van der Waals surface area contributed by atoms with Gasteiger partial charge in [-0.3, -0.25) is 10.1 Å². The second kappa shape index (κ2) is 7.83. The number of hydrogen-bond acceptors (Lipinski definition) is 5. The second-order valence-corrected chi connectivity index (χ2v) is 5.08. The summed E-state index contributed by atoms with van der Waals surface area (Å²) in [5.41, 5.74) is 0.795. The molecule has 0 aliphatic heterocycles. The van der Waals surface area contributed by atoms with Crippen molar-refractivity contribution in [2.45, 2.75) is 38.7 Å². The number of rotatable bonds is 8. The van der Waals surface area contributed by atoms with E-state index in [-0.39, 0.29) is 5.69 Å². The van der Waals surface area contributed by atoms with Crippen LogP contribution in [0.2, 0.25) is 0 Å². The molecule has 1 aromatic rings. The van der Waals surface area contributed by atoms with Crippen LogP contribution in [0.25, 0.3) is 0 Å². The summed E-state index contributed by atoms with van der Waals surface area (Å²) in [6.07, 6.45) is 5.25. The van der Waals surface area contributed by atoms with Crippen molar-refractivity contribution in [3.63, 3.8) is 0 Å². The van der Waals surface area contributed by atoms with Crippen molar-refractivity contribution in [2.24, 2.45) is 0 Å². The average molecular weight is 294 g/mol. The van der Waals surface area contributed by atoms with Crippen molar-refractivity contribution in [2.75, 3.05) is 25.1 Å². The fourth-order valence-corrected chi connectivity index (χ4v) is 2.52. The van der Waals surface area contributed by atoms with E-state index in [2.05, 4.69) is 5.32 Å². The lowest BCUT2D eigenvalue weighted by atomic mass is 10.2. The summed E-state index contributed by atoms with van der Waals surface area (Å²) in [5.74, 6) is 0.296. The molecule has 21 heavy (non-hydrogen) atoms. The Kier molecular flexibility index (Phi) is 5.80. The number of nitro benzene ring substituents is 1. The van der Waals surface area contributed by atoms with Gasteiger partial charge in [0, 0.05) is 24.4 Å². The van der Waals surface area contributed by atoms with Gasteiger partial charge in [-0.15, -0.1) is 0 Å². The molecule has 1 N–H and O–H groups in total. The van der Waals surface area contributed by atoms with Gasteiger partial charge in [0.2, 0.25) is 0 Å². The minimum absolute atomic E-state index is 0.00962. The van der Waals surface area contributed by atoms with E-state index < -0.39 is 4.92 Å². The average Bonchev–Trinajstić information content (AvgIpc) is 2.97. The monoisotopic (exact) mass is 294 g/mol. The predicted molar refractivity (Wildman–Crippen MR) is 81.0 cm³/mol. The number of anilines is 1. The van der Waals surface area contributed by atoms with Crippen LogP contribution in [0.15, 0.2) is 18.2 Å². The molecular weight excluding hydrogens is 272 g/mol. The van der Waals surface area contributed by atoms with E-state index in [1.54, 1.807) is 19.1 Å². The molecule has 0 saturated heterocycles. The largest absolute Gasteiger partial charge is 0.487 e. The summed E-state index contributed by atoms with van der Waals surface area (Å²) >= 11 is 0. The molecule has 1 aromatic carbocycles. The lowest BCUT2D eigenvalue weighted by Crippen LogP contribution is -2.15. The summed E-state index contributed by atoms with van der Waals surface area (Å²) in [7, 11) is 0. The van der Waals surface area contributed by atoms with Gasteiger partial charge >= 0.3 is 5.69 Å². The van der Waals surface area contributed by atoms with Crippen LogP contribution >= 0.6 is 0 Å². The zero-order valence-electron chi connectivity index (χ0n) is 12.3. The molecule has 6 nitrogen and oxygen atoms in total. The first-order chi connectivity index (χ1) is 10.2. The van der Waals surface area contributed by atoms with E-state index in [0.29, 0.717) is 31.6 Å². The molecule has 0 aromatic heterocycles. The molecule has 1 saturated carbocycles. The molecular formula is C15H22N2O4. The number of nitro groups is 1. The molecule has 0 radical (unpaired) electrons. The van der Waals surface area contributed by atoms with Gasteiger partial charge in [-0.05, 0) is 25.8 Å². The van der Waals surface area contributed by atoms with Gasteiger partial charge in [0.15, 0.2) is 5.75 Å². The smallest absolute Gasteiger partial charge is 0.311 e.